The largest absolute Gasteiger partial charge is 0.478 e. The Morgan fingerprint density at radius 1 is 1.17 bits per heavy atom. The summed E-state index contributed by atoms with van der Waals surface area (Å²) in [5.74, 6) is -3.09. The molecule has 0 spiro atoms. The van der Waals surface area contributed by atoms with Crippen LogP contribution in [0.5, 0.6) is 0 Å². The highest BCUT2D eigenvalue weighted by atomic mass is 35.5. The number of aromatic carboxylic acids is 1. The van der Waals surface area contributed by atoms with Crippen molar-refractivity contribution in [3.63, 3.8) is 0 Å². The quantitative estimate of drug-likeness (QED) is 0.331. The molecule has 1 aliphatic carbocycles. The molecule has 35 heavy (non-hydrogen) atoms. The maximum atomic E-state index is 14.6. The average molecular weight is 510 g/mol. The Balaban J connectivity index is 1.70. The van der Waals surface area contributed by atoms with Crippen LogP contribution in [0.1, 0.15) is 51.1 Å². The number of carbonyl (C=O) groups is 2. The number of benzene rings is 2. The molecule has 4 N–H and O–H groups in total. The lowest BCUT2D eigenvalue weighted by atomic mass is 9.90. The van der Waals surface area contributed by atoms with E-state index in [9.17, 15) is 27.2 Å². The Bertz CT molecular complexity index is 1270. The van der Waals surface area contributed by atoms with Gasteiger partial charge in [-0.15, -0.1) is 0 Å². The molecule has 4 rings (SSSR count). The molecule has 1 aliphatic heterocycles. The van der Waals surface area contributed by atoms with Crippen LogP contribution in [0.4, 0.5) is 17.6 Å². The lowest BCUT2D eigenvalue weighted by Gasteiger charge is -2.25. The Labute approximate surface area is 202 Å². The van der Waals surface area contributed by atoms with Crippen molar-refractivity contribution in [1.29, 1.82) is 5.41 Å². The molecule has 1 saturated carbocycles. The van der Waals surface area contributed by atoms with Crippen molar-refractivity contribution in [2.24, 2.45) is 0 Å². The van der Waals surface area contributed by atoms with Crippen LogP contribution >= 0.6 is 11.6 Å². The van der Waals surface area contributed by atoms with Crippen LogP contribution in [0.2, 0.25) is 5.02 Å². The van der Waals surface area contributed by atoms with E-state index in [1.807, 2.05) is 0 Å². The van der Waals surface area contributed by atoms with Crippen molar-refractivity contribution in [3.8, 4) is 0 Å². The fourth-order valence-electron chi connectivity index (χ4n) is 4.28. The Morgan fingerprint density at radius 3 is 2.49 bits per heavy atom. The molecule has 1 fully saturated rings. The predicted octanol–water partition coefficient (Wildman–Crippen LogP) is 4.82. The molecule has 11 heteroatoms. The summed E-state index contributed by atoms with van der Waals surface area (Å²) in [6.45, 7) is 0.503. The molecular formula is C24H20ClF4N3O3. The minimum atomic E-state index is -4.55. The molecule has 0 saturated heterocycles. The van der Waals surface area contributed by atoms with Crippen molar-refractivity contribution in [2.45, 2.75) is 30.9 Å². The van der Waals surface area contributed by atoms with E-state index in [1.54, 1.807) is 0 Å². The summed E-state index contributed by atoms with van der Waals surface area (Å²) in [7, 11) is 0. The van der Waals surface area contributed by atoms with Gasteiger partial charge in [0.2, 0.25) is 0 Å². The topological polar surface area (TPSA) is 102 Å². The SMILES string of the molecule is N=C(C1=C(NC(=O)c2c(Cl)cccc2C2(C(F)(F)F)CC2)CNCC1)c1ccc(C(=O)O)cc1F. The molecule has 0 atom stereocenters. The standard InChI is InChI=1S/C24H20ClF4N3O3/c25-16-3-1-2-15(23(7-8-23)24(27,28)29)19(16)21(33)32-18-11-31-9-6-14(18)20(30)13-5-4-12(22(34)35)10-17(13)26/h1-5,10,30-31H,6-9,11H2,(H,32,33)(H,34,35). The van der Waals surface area contributed by atoms with Gasteiger partial charge in [0.25, 0.3) is 5.91 Å². The van der Waals surface area contributed by atoms with Crippen LogP contribution in [0.3, 0.4) is 0 Å². The van der Waals surface area contributed by atoms with Crippen LogP contribution in [-0.4, -0.2) is 42.0 Å². The van der Waals surface area contributed by atoms with Crippen LogP contribution in [0, 0.1) is 11.2 Å². The van der Waals surface area contributed by atoms with Gasteiger partial charge in [-0.25, -0.2) is 9.18 Å². The highest BCUT2D eigenvalue weighted by Gasteiger charge is 2.65. The van der Waals surface area contributed by atoms with Gasteiger partial charge in [0.15, 0.2) is 0 Å². The zero-order valence-corrected chi connectivity index (χ0v) is 18.9. The second-order valence-electron chi connectivity index (χ2n) is 8.46. The van der Waals surface area contributed by atoms with E-state index in [0.29, 0.717) is 6.54 Å². The summed E-state index contributed by atoms with van der Waals surface area (Å²) in [6.07, 6.45) is -4.62. The second-order valence-corrected chi connectivity index (χ2v) is 8.86. The molecule has 1 heterocycles. The zero-order valence-electron chi connectivity index (χ0n) is 18.2. The summed E-state index contributed by atoms with van der Waals surface area (Å²) in [5, 5.41) is 23.0. The van der Waals surface area contributed by atoms with Crippen molar-refractivity contribution in [2.75, 3.05) is 13.1 Å². The van der Waals surface area contributed by atoms with Gasteiger partial charge in [0.1, 0.15) is 5.82 Å². The minimum absolute atomic E-state index is 0.0858. The Morgan fingerprint density at radius 2 is 1.89 bits per heavy atom. The number of carboxylic acids is 1. The number of hydrogen-bond acceptors (Lipinski definition) is 4. The molecule has 1 amide bonds. The van der Waals surface area contributed by atoms with E-state index in [1.165, 1.54) is 24.3 Å². The van der Waals surface area contributed by atoms with Crippen LogP contribution in [-0.2, 0) is 5.41 Å². The molecule has 2 aromatic carbocycles. The summed E-state index contributed by atoms with van der Waals surface area (Å²) in [5.41, 5.74) is -2.84. The Kier molecular flexibility index (Phi) is 6.46. The van der Waals surface area contributed by atoms with Gasteiger partial charge in [0, 0.05) is 17.8 Å². The van der Waals surface area contributed by atoms with Crippen LogP contribution in [0.15, 0.2) is 47.7 Å². The smallest absolute Gasteiger partial charge is 0.398 e. The molecule has 0 bridgehead atoms. The van der Waals surface area contributed by atoms with Crippen molar-refractivity contribution >= 4 is 29.2 Å². The first-order chi connectivity index (χ1) is 16.5. The number of hydrogen-bond donors (Lipinski definition) is 4. The first-order valence-electron chi connectivity index (χ1n) is 10.7. The van der Waals surface area contributed by atoms with Gasteiger partial charge in [-0.1, -0.05) is 23.7 Å². The third-order valence-corrected chi connectivity index (χ3v) is 6.63. The second kappa shape index (κ2) is 9.09. The first kappa shape index (κ1) is 24.9. The maximum absolute atomic E-state index is 14.6. The van der Waals surface area contributed by atoms with Gasteiger partial charge in [-0.3, -0.25) is 10.2 Å². The van der Waals surface area contributed by atoms with Crippen LogP contribution in [0.25, 0.3) is 0 Å². The summed E-state index contributed by atoms with van der Waals surface area (Å²) < 4.78 is 56.0. The summed E-state index contributed by atoms with van der Waals surface area (Å²) in [4.78, 5) is 24.3. The molecule has 0 aromatic heterocycles. The zero-order chi connectivity index (χ0) is 25.5. The highest BCUT2D eigenvalue weighted by Crippen LogP contribution is 2.60. The number of rotatable bonds is 6. The predicted molar refractivity (Wildman–Crippen MR) is 121 cm³/mol. The minimum Gasteiger partial charge on any atom is -0.478 e. The molecule has 0 radical (unpaired) electrons. The first-order valence-corrected chi connectivity index (χ1v) is 11.1. The fraction of sp³-hybridized carbons (Fsp3) is 0.292. The van der Waals surface area contributed by atoms with Crippen LogP contribution < -0.4 is 10.6 Å². The number of nitrogens with one attached hydrogen (secondary N) is 3. The Hall–Kier alpha value is -3.24. The van der Waals surface area contributed by atoms with E-state index < -0.39 is 29.3 Å². The average Bonchev–Trinajstić information content (AvgIpc) is 3.61. The van der Waals surface area contributed by atoms with Gasteiger partial charge >= 0.3 is 12.1 Å². The number of amides is 1. The van der Waals surface area contributed by atoms with Gasteiger partial charge in [-0.05, 0) is 61.2 Å². The van der Waals surface area contributed by atoms with Crippen molar-refractivity contribution < 1.29 is 32.3 Å². The number of alkyl halides is 3. The molecule has 2 aliphatic rings. The molecular weight excluding hydrogens is 490 g/mol. The van der Waals surface area contributed by atoms with Gasteiger partial charge in [0.05, 0.1) is 27.3 Å². The summed E-state index contributed by atoms with van der Waals surface area (Å²) >= 11 is 6.18. The van der Waals surface area contributed by atoms with Gasteiger partial charge in [-0.2, -0.15) is 13.2 Å². The van der Waals surface area contributed by atoms with E-state index in [4.69, 9.17) is 22.1 Å². The third kappa shape index (κ3) is 4.55. The normalized spacial score (nSPS) is 17.2. The van der Waals surface area contributed by atoms with Crippen molar-refractivity contribution in [1.82, 2.24) is 10.6 Å². The molecule has 184 valence electrons. The maximum Gasteiger partial charge on any atom is 0.398 e. The highest BCUT2D eigenvalue weighted by molar-refractivity contribution is 6.34. The fourth-order valence-corrected chi connectivity index (χ4v) is 4.54. The monoisotopic (exact) mass is 509 g/mol. The van der Waals surface area contributed by atoms with Crippen molar-refractivity contribution in [3.05, 3.63) is 80.8 Å². The summed E-state index contributed by atoms with van der Waals surface area (Å²) in [6, 6.07) is 7.08. The number of carboxylic acid groups (broad SMARTS) is 1. The van der Waals surface area contributed by atoms with E-state index in [-0.39, 0.29) is 70.1 Å². The number of halogens is 5. The lowest BCUT2D eigenvalue weighted by Crippen LogP contribution is -2.38. The van der Waals surface area contributed by atoms with E-state index >= 15 is 0 Å². The molecule has 6 nitrogen and oxygen atoms in total. The lowest BCUT2D eigenvalue weighted by molar-refractivity contribution is -0.160. The number of carbonyl (C=O) groups excluding carboxylic acids is 1. The van der Waals surface area contributed by atoms with E-state index in [2.05, 4.69) is 10.6 Å². The van der Waals surface area contributed by atoms with E-state index in [0.717, 1.165) is 12.1 Å². The molecule has 0 unspecified atom stereocenters. The molecule has 2 aromatic rings. The third-order valence-electron chi connectivity index (χ3n) is 6.32. The van der Waals surface area contributed by atoms with Gasteiger partial charge < -0.3 is 15.7 Å².